The molecule has 2 rings (SSSR count). The molecule has 2 N–H and O–H groups in total. The first-order chi connectivity index (χ1) is 10.2. The molecule has 7 nitrogen and oxygen atoms in total. The van der Waals surface area contributed by atoms with Crippen LogP contribution in [-0.2, 0) is 11.0 Å². The van der Waals surface area contributed by atoms with Crippen molar-refractivity contribution in [1.82, 2.24) is 9.88 Å². The van der Waals surface area contributed by atoms with E-state index in [9.17, 15) is 27.9 Å². The van der Waals surface area contributed by atoms with Gasteiger partial charge < -0.3 is 20.0 Å². The van der Waals surface area contributed by atoms with Gasteiger partial charge >= 0.3 is 18.2 Å². The molecule has 0 saturated carbocycles. The summed E-state index contributed by atoms with van der Waals surface area (Å²) >= 11 is 0. The Labute approximate surface area is 122 Å². The summed E-state index contributed by atoms with van der Waals surface area (Å²) < 4.78 is 37.5. The van der Waals surface area contributed by atoms with E-state index in [1.54, 1.807) is 0 Å². The number of hydrogen-bond donors (Lipinski definition) is 2. The topological polar surface area (TPSA) is 94.0 Å². The maximum absolute atomic E-state index is 12.5. The number of nitrogens with zero attached hydrogens (tertiary/aromatic N) is 3. The van der Waals surface area contributed by atoms with Crippen molar-refractivity contribution in [1.29, 1.82) is 0 Å². The molecule has 0 aliphatic carbocycles. The van der Waals surface area contributed by atoms with E-state index in [0.29, 0.717) is 6.20 Å². The van der Waals surface area contributed by atoms with E-state index in [0.717, 1.165) is 17.0 Å². The van der Waals surface area contributed by atoms with Crippen LogP contribution in [0.1, 0.15) is 5.56 Å². The Kier molecular flexibility index (Phi) is 4.11. The minimum Gasteiger partial charge on any atom is -0.480 e. The summed E-state index contributed by atoms with van der Waals surface area (Å²) in [7, 11) is 0. The number of rotatable bonds is 2. The molecule has 0 radical (unpaired) electrons. The van der Waals surface area contributed by atoms with Crippen molar-refractivity contribution in [3.8, 4) is 0 Å². The van der Waals surface area contributed by atoms with Crippen molar-refractivity contribution in [3.05, 3.63) is 23.9 Å². The highest BCUT2D eigenvalue weighted by Gasteiger charge is 2.36. The van der Waals surface area contributed by atoms with Crippen LogP contribution in [0.5, 0.6) is 0 Å². The van der Waals surface area contributed by atoms with Crippen molar-refractivity contribution in [2.24, 2.45) is 0 Å². The normalized spacial score (nSPS) is 19.1. The van der Waals surface area contributed by atoms with Crippen LogP contribution in [0.25, 0.3) is 0 Å². The quantitative estimate of drug-likeness (QED) is 0.855. The van der Waals surface area contributed by atoms with Crippen LogP contribution in [0.15, 0.2) is 18.3 Å². The van der Waals surface area contributed by atoms with Crippen LogP contribution in [0.3, 0.4) is 0 Å². The van der Waals surface area contributed by atoms with Gasteiger partial charge in [-0.3, -0.25) is 0 Å². The largest absolute Gasteiger partial charge is 0.480 e. The first-order valence-corrected chi connectivity index (χ1v) is 6.20. The second-order valence-corrected chi connectivity index (χ2v) is 4.68. The summed E-state index contributed by atoms with van der Waals surface area (Å²) in [4.78, 5) is 28.0. The molecule has 0 aromatic carbocycles. The number of anilines is 1. The number of aromatic nitrogens is 1. The number of halogens is 3. The molecule has 22 heavy (non-hydrogen) atoms. The predicted molar refractivity (Wildman–Crippen MR) is 67.6 cm³/mol. The molecule has 10 heteroatoms. The molecule has 0 bridgehead atoms. The van der Waals surface area contributed by atoms with Gasteiger partial charge in [-0.15, -0.1) is 0 Å². The Morgan fingerprint density at radius 3 is 2.36 bits per heavy atom. The lowest BCUT2D eigenvalue weighted by atomic mass is 10.1. The van der Waals surface area contributed by atoms with Gasteiger partial charge in [0.1, 0.15) is 11.9 Å². The number of amides is 1. The Morgan fingerprint density at radius 1 is 1.23 bits per heavy atom. The first-order valence-electron chi connectivity index (χ1n) is 6.20. The monoisotopic (exact) mass is 319 g/mol. The van der Waals surface area contributed by atoms with Gasteiger partial charge in [-0.2, -0.15) is 13.2 Å². The number of pyridine rings is 1. The number of piperazine rings is 1. The number of carbonyl (C=O) groups is 2. The molecular formula is C12H12F3N3O4. The number of carboxylic acids is 1. The van der Waals surface area contributed by atoms with Gasteiger partial charge in [-0.05, 0) is 12.1 Å². The summed E-state index contributed by atoms with van der Waals surface area (Å²) in [6.45, 7) is -0.211. The number of hydrogen-bond acceptors (Lipinski definition) is 4. The Morgan fingerprint density at radius 2 is 1.91 bits per heavy atom. The van der Waals surface area contributed by atoms with Gasteiger partial charge in [0, 0.05) is 19.3 Å². The second-order valence-electron chi connectivity index (χ2n) is 4.68. The fourth-order valence-corrected chi connectivity index (χ4v) is 2.17. The van der Waals surface area contributed by atoms with Crippen LogP contribution in [0, 0.1) is 0 Å². The third-order valence-corrected chi connectivity index (χ3v) is 3.31. The van der Waals surface area contributed by atoms with Crippen molar-refractivity contribution in [2.75, 3.05) is 24.5 Å². The van der Waals surface area contributed by atoms with Gasteiger partial charge in [-0.25, -0.2) is 14.6 Å². The van der Waals surface area contributed by atoms with E-state index in [2.05, 4.69) is 4.98 Å². The number of alkyl halides is 3. The van der Waals surface area contributed by atoms with Gasteiger partial charge in [0.15, 0.2) is 0 Å². The second kappa shape index (κ2) is 5.70. The maximum Gasteiger partial charge on any atom is 0.417 e. The zero-order chi connectivity index (χ0) is 16.5. The molecule has 120 valence electrons. The summed E-state index contributed by atoms with van der Waals surface area (Å²) in [5, 5.41) is 18.1. The fourth-order valence-electron chi connectivity index (χ4n) is 2.17. The zero-order valence-corrected chi connectivity index (χ0v) is 11.1. The molecule has 1 aromatic heterocycles. The molecule has 1 aromatic rings. The third-order valence-electron chi connectivity index (χ3n) is 3.31. The fraction of sp³-hybridized carbons (Fsp3) is 0.417. The number of aliphatic carboxylic acids is 1. The molecular weight excluding hydrogens is 307 g/mol. The summed E-state index contributed by atoms with van der Waals surface area (Å²) in [6.07, 6.45) is -5.15. The van der Waals surface area contributed by atoms with E-state index in [-0.39, 0.29) is 25.5 Å². The lowest BCUT2D eigenvalue weighted by Gasteiger charge is -2.38. The van der Waals surface area contributed by atoms with Crippen molar-refractivity contribution >= 4 is 17.9 Å². The highest BCUT2D eigenvalue weighted by atomic mass is 19.4. The molecule has 1 saturated heterocycles. The highest BCUT2D eigenvalue weighted by Crippen LogP contribution is 2.30. The minimum atomic E-state index is -4.53. The zero-order valence-electron chi connectivity index (χ0n) is 11.1. The van der Waals surface area contributed by atoms with Gasteiger partial charge in [0.25, 0.3) is 0 Å². The molecule has 1 aliphatic heterocycles. The SMILES string of the molecule is O=C(O)C1CN(C(=O)O)CCN1c1ccc(C(F)(F)F)cn1. The summed E-state index contributed by atoms with van der Waals surface area (Å²) in [6, 6.07) is 0.689. The van der Waals surface area contributed by atoms with Gasteiger partial charge in [0.2, 0.25) is 0 Å². The standard InChI is InChI=1S/C12H12F3N3O4/c13-12(14,15)7-1-2-9(16-5-7)18-4-3-17(11(21)22)6-8(18)10(19)20/h1-2,5,8H,3-4,6H2,(H,19,20)(H,21,22). The van der Waals surface area contributed by atoms with E-state index >= 15 is 0 Å². The maximum atomic E-state index is 12.5. The summed E-state index contributed by atoms with van der Waals surface area (Å²) in [5.74, 6) is -1.21. The van der Waals surface area contributed by atoms with Crippen LogP contribution in [0.2, 0.25) is 0 Å². The van der Waals surface area contributed by atoms with Crippen molar-refractivity contribution in [2.45, 2.75) is 12.2 Å². The lowest BCUT2D eigenvalue weighted by Crippen LogP contribution is -2.58. The lowest BCUT2D eigenvalue weighted by molar-refractivity contribution is -0.140. The average molecular weight is 319 g/mol. The minimum absolute atomic E-state index is 0.0294. The average Bonchev–Trinajstić information content (AvgIpc) is 2.45. The molecule has 1 unspecified atom stereocenters. The van der Waals surface area contributed by atoms with E-state index in [1.165, 1.54) is 4.90 Å². The van der Waals surface area contributed by atoms with Crippen LogP contribution < -0.4 is 4.90 Å². The Bertz CT molecular complexity index is 576. The van der Waals surface area contributed by atoms with Crippen LogP contribution >= 0.6 is 0 Å². The molecule has 1 amide bonds. The summed E-state index contributed by atoms with van der Waals surface area (Å²) in [5.41, 5.74) is -0.938. The van der Waals surface area contributed by atoms with E-state index < -0.39 is 29.8 Å². The predicted octanol–water partition coefficient (Wildman–Crippen LogP) is 1.35. The molecule has 1 fully saturated rings. The third kappa shape index (κ3) is 3.21. The first kappa shape index (κ1) is 15.9. The number of carboxylic acid groups (broad SMARTS) is 2. The van der Waals surface area contributed by atoms with Crippen molar-refractivity contribution in [3.63, 3.8) is 0 Å². The van der Waals surface area contributed by atoms with Crippen LogP contribution in [0.4, 0.5) is 23.8 Å². The Hall–Kier alpha value is -2.52. The van der Waals surface area contributed by atoms with E-state index in [4.69, 9.17) is 5.11 Å². The molecule has 1 atom stereocenters. The molecule has 0 spiro atoms. The molecule has 1 aliphatic rings. The van der Waals surface area contributed by atoms with Crippen molar-refractivity contribution < 1.29 is 33.0 Å². The highest BCUT2D eigenvalue weighted by molar-refractivity contribution is 5.79. The smallest absolute Gasteiger partial charge is 0.417 e. The van der Waals surface area contributed by atoms with Crippen LogP contribution in [-0.4, -0.2) is 57.8 Å². The van der Waals surface area contributed by atoms with E-state index in [1.807, 2.05) is 0 Å². The molecule has 2 heterocycles. The Balaban J connectivity index is 2.23. The van der Waals surface area contributed by atoms with Gasteiger partial charge in [-0.1, -0.05) is 0 Å². The van der Waals surface area contributed by atoms with Gasteiger partial charge in [0.05, 0.1) is 12.1 Å².